The van der Waals surface area contributed by atoms with Crippen LogP contribution in [0.4, 0.5) is 0 Å². The van der Waals surface area contributed by atoms with E-state index in [2.05, 4.69) is 123 Å². The van der Waals surface area contributed by atoms with E-state index >= 15 is 0 Å². The Morgan fingerprint density at radius 1 is 0.659 bits per heavy atom. The van der Waals surface area contributed by atoms with Gasteiger partial charge in [0.15, 0.2) is 11.5 Å². The number of hydrogen-bond acceptors (Lipinski definition) is 4. The zero-order valence-corrected chi connectivity index (χ0v) is 30.2. The molecule has 0 atom stereocenters. The summed E-state index contributed by atoms with van der Waals surface area (Å²) in [4.78, 5) is 4.45. The third-order valence-electron chi connectivity index (χ3n) is 8.35. The van der Waals surface area contributed by atoms with Crippen LogP contribution in [0.5, 0.6) is 11.5 Å². The number of benzene rings is 3. The first kappa shape index (κ1) is 34.0. The molecule has 0 bridgehead atoms. The zero-order valence-electron chi connectivity index (χ0n) is 29.4. The number of ether oxygens (including phenoxy) is 2. The van der Waals surface area contributed by atoms with Crippen LogP contribution in [0.25, 0.3) is 10.2 Å². The lowest BCUT2D eigenvalue weighted by Crippen LogP contribution is -2.38. The van der Waals surface area contributed by atoms with Crippen LogP contribution in [0.15, 0.2) is 54.6 Å². The summed E-state index contributed by atoms with van der Waals surface area (Å²) in [5.74, 6) is 1.72. The van der Waals surface area contributed by atoms with Crippen LogP contribution in [-0.2, 0) is 29.1 Å². The number of hydrogen-bond donors (Lipinski definition) is 0. The highest BCUT2D eigenvalue weighted by Gasteiger charge is 2.29. The lowest BCUT2D eigenvalue weighted by molar-refractivity contribution is 0.0211. The van der Waals surface area contributed by atoms with Crippen molar-refractivity contribution in [3.8, 4) is 11.5 Å². The summed E-state index contributed by atoms with van der Waals surface area (Å²) in [6.45, 7) is 26.9. The lowest BCUT2D eigenvalue weighted by atomic mass is 9.82. The molecule has 0 saturated carbocycles. The van der Waals surface area contributed by atoms with Crippen molar-refractivity contribution in [2.45, 2.75) is 131 Å². The smallest absolute Gasteiger partial charge is 0.162 e. The minimum atomic E-state index is -0.233. The van der Waals surface area contributed by atoms with Gasteiger partial charge in [0, 0.05) is 0 Å². The van der Waals surface area contributed by atoms with Gasteiger partial charge in [-0.1, -0.05) is 92.6 Å². The van der Waals surface area contributed by atoms with E-state index in [1.807, 2.05) is 19.9 Å². The predicted octanol–water partition coefficient (Wildman–Crippen LogP) is 11.3. The molecule has 2 aliphatic rings. The Kier molecular flexibility index (Phi) is 9.95. The highest BCUT2D eigenvalue weighted by atomic mass is 32.1. The number of rotatable bonds is 0. The Labute approximate surface area is 271 Å². The maximum atomic E-state index is 5.93. The van der Waals surface area contributed by atoms with Gasteiger partial charge in [0.1, 0.15) is 12.2 Å². The second kappa shape index (κ2) is 12.9. The second-order valence-electron chi connectivity index (χ2n) is 16.2. The summed E-state index contributed by atoms with van der Waals surface area (Å²) in [7, 11) is 0. The molecule has 2 heterocycles. The van der Waals surface area contributed by atoms with Gasteiger partial charge in [-0.05, 0) is 115 Å². The molecule has 0 saturated heterocycles. The minimum Gasteiger partial charge on any atom is -0.486 e. The van der Waals surface area contributed by atoms with Gasteiger partial charge in [0.05, 0.1) is 15.2 Å². The molecule has 6 rings (SSSR count). The van der Waals surface area contributed by atoms with Crippen molar-refractivity contribution in [2.75, 3.05) is 6.61 Å². The van der Waals surface area contributed by atoms with E-state index in [4.69, 9.17) is 9.47 Å². The summed E-state index contributed by atoms with van der Waals surface area (Å²) in [6.07, 6.45) is 5.33. The van der Waals surface area contributed by atoms with Crippen molar-refractivity contribution >= 4 is 21.6 Å². The van der Waals surface area contributed by atoms with Gasteiger partial charge < -0.3 is 9.47 Å². The Balaban J connectivity index is 0.000000151. The first-order chi connectivity index (χ1) is 20.3. The maximum absolute atomic E-state index is 5.93. The van der Waals surface area contributed by atoms with E-state index in [-0.39, 0.29) is 16.4 Å². The quantitative estimate of drug-likeness (QED) is 0.198. The van der Waals surface area contributed by atoms with E-state index < -0.39 is 0 Å². The summed E-state index contributed by atoms with van der Waals surface area (Å²) < 4.78 is 12.9. The van der Waals surface area contributed by atoms with Crippen LogP contribution in [0.2, 0.25) is 0 Å². The molecular weight excluding hydrogens is 559 g/mol. The molecule has 44 heavy (non-hydrogen) atoms. The van der Waals surface area contributed by atoms with Crippen molar-refractivity contribution in [1.82, 2.24) is 4.98 Å². The first-order valence-corrected chi connectivity index (χ1v) is 17.1. The topological polar surface area (TPSA) is 31.4 Å². The molecule has 0 fully saturated rings. The van der Waals surface area contributed by atoms with E-state index in [0.29, 0.717) is 12.0 Å². The highest BCUT2D eigenvalue weighted by molar-refractivity contribution is 7.18. The van der Waals surface area contributed by atoms with Gasteiger partial charge >= 0.3 is 0 Å². The predicted molar refractivity (Wildman–Crippen MR) is 190 cm³/mol. The third-order valence-corrected chi connectivity index (χ3v) is 9.28. The Bertz CT molecular complexity index is 1570. The standard InChI is InChI=1S/C14H20O2.C14H20.C12H15NS/c1-13(2,3)10-6-7-11-12(8-10)16-14(4,5)9-15-11;1-14(2,3)13-9-8-11-6-4-5-7-12(11)10-13;1-8-13-10-6-5-9(12(2,3)4)7-11(10)14-8/h6-8H,9H2,1-5H3;8-10H,4-7H2,1-3H3;5-7H,1-4H3. The van der Waals surface area contributed by atoms with Gasteiger partial charge in [-0.25, -0.2) is 4.98 Å². The first-order valence-electron chi connectivity index (χ1n) is 16.3. The van der Waals surface area contributed by atoms with Crippen molar-refractivity contribution in [1.29, 1.82) is 0 Å². The molecule has 3 nitrogen and oxygen atoms in total. The maximum Gasteiger partial charge on any atom is 0.162 e. The number of aryl methyl sites for hydroxylation is 3. The van der Waals surface area contributed by atoms with E-state index in [9.17, 15) is 0 Å². The van der Waals surface area contributed by atoms with Crippen molar-refractivity contribution < 1.29 is 9.47 Å². The fourth-order valence-electron chi connectivity index (χ4n) is 5.46. The van der Waals surface area contributed by atoms with E-state index in [1.165, 1.54) is 47.1 Å². The van der Waals surface area contributed by atoms with Gasteiger partial charge in [-0.2, -0.15) is 0 Å². The van der Waals surface area contributed by atoms with Crippen LogP contribution in [-0.4, -0.2) is 17.2 Å². The molecule has 0 N–H and O–H groups in total. The molecule has 0 amide bonds. The van der Waals surface area contributed by atoms with Crippen LogP contribution in [0.1, 0.15) is 122 Å². The monoisotopic (exact) mass is 613 g/mol. The summed E-state index contributed by atoms with van der Waals surface area (Å²) >= 11 is 1.77. The molecular formula is C40H55NO2S. The van der Waals surface area contributed by atoms with Gasteiger partial charge in [0.25, 0.3) is 0 Å². The van der Waals surface area contributed by atoms with E-state index in [0.717, 1.165) is 22.0 Å². The minimum absolute atomic E-state index is 0.139. The molecule has 1 aliphatic heterocycles. The number of thiazole rings is 1. The van der Waals surface area contributed by atoms with E-state index in [1.54, 1.807) is 22.5 Å². The molecule has 1 aromatic heterocycles. The van der Waals surface area contributed by atoms with Gasteiger partial charge in [-0.3, -0.25) is 0 Å². The molecule has 0 unspecified atom stereocenters. The van der Waals surface area contributed by atoms with Gasteiger partial charge in [-0.15, -0.1) is 11.3 Å². The molecule has 3 aromatic carbocycles. The lowest BCUT2D eigenvalue weighted by Gasteiger charge is -2.33. The average molecular weight is 614 g/mol. The van der Waals surface area contributed by atoms with Crippen LogP contribution < -0.4 is 9.47 Å². The molecule has 0 spiro atoms. The third kappa shape index (κ3) is 8.87. The Hall–Kier alpha value is -2.85. The van der Waals surface area contributed by atoms with Crippen molar-refractivity contribution in [3.63, 3.8) is 0 Å². The molecule has 0 radical (unpaired) electrons. The fourth-order valence-corrected chi connectivity index (χ4v) is 6.32. The molecule has 4 aromatic rings. The fraction of sp³-hybridized carbons (Fsp3) is 0.525. The molecule has 1 aliphatic carbocycles. The number of fused-ring (bicyclic) bond motifs is 3. The summed E-state index contributed by atoms with van der Waals surface area (Å²) in [5.41, 5.74) is 8.88. The van der Waals surface area contributed by atoms with Crippen LogP contribution in [0, 0.1) is 6.92 Å². The SMILES string of the molecule is CC(C)(C)c1ccc2c(c1)CCCC2.CC1(C)COc2ccc(C(C)(C)C)cc2O1.Cc1nc2ccc(C(C)(C)C)cc2s1. The van der Waals surface area contributed by atoms with Crippen LogP contribution in [0.3, 0.4) is 0 Å². The van der Waals surface area contributed by atoms with Crippen molar-refractivity contribution in [2.24, 2.45) is 0 Å². The number of aromatic nitrogens is 1. The molecule has 238 valence electrons. The number of nitrogens with zero attached hydrogens (tertiary/aromatic N) is 1. The normalized spacial score (nSPS) is 15.8. The zero-order chi connectivity index (χ0) is 32.5. The second-order valence-corrected chi connectivity index (χ2v) is 17.4. The van der Waals surface area contributed by atoms with Crippen molar-refractivity contribution in [3.05, 3.63) is 87.4 Å². The summed E-state index contributed by atoms with van der Waals surface area (Å²) in [6, 6.07) is 19.9. The Morgan fingerprint density at radius 2 is 1.20 bits per heavy atom. The highest BCUT2D eigenvalue weighted by Crippen LogP contribution is 2.38. The average Bonchev–Trinajstić information content (AvgIpc) is 3.30. The Morgan fingerprint density at radius 3 is 1.84 bits per heavy atom. The molecule has 4 heteroatoms. The van der Waals surface area contributed by atoms with Crippen LogP contribution >= 0.6 is 11.3 Å². The summed E-state index contributed by atoms with van der Waals surface area (Å²) in [5, 5.41) is 1.14. The van der Waals surface area contributed by atoms with Gasteiger partial charge in [0.2, 0.25) is 0 Å². The largest absolute Gasteiger partial charge is 0.486 e.